The topological polar surface area (TPSA) is 99.3 Å². The monoisotopic (exact) mass is 315 g/mol. The summed E-state index contributed by atoms with van der Waals surface area (Å²) in [6.07, 6.45) is 0. The van der Waals surface area contributed by atoms with Crippen LogP contribution in [-0.2, 0) is 10.1 Å². The van der Waals surface area contributed by atoms with E-state index in [-0.39, 0.29) is 40.2 Å². The van der Waals surface area contributed by atoms with Crippen molar-refractivity contribution in [1.29, 1.82) is 0 Å². The number of azo groups is 1. The van der Waals surface area contributed by atoms with Crippen molar-refractivity contribution in [2.24, 2.45) is 10.2 Å². The van der Waals surface area contributed by atoms with Crippen molar-refractivity contribution in [2.75, 3.05) is 0 Å². The molecular weight excluding hydrogens is 303 g/mol. The van der Waals surface area contributed by atoms with Crippen LogP contribution in [0.5, 0.6) is 5.75 Å². The molecule has 0 spiro atoms. The van der Waals surface area contributed by atoms with E-state index in [0.29, 0.717) is 11.4 Å². The average molecular weight is 315 g/mol. The molecule has 0 aromatic heterocycles. The van der Waals surface area contributed by atoms with Gasteiger partial charge in [0, 0.05) is 29.6 Å². The summed E-state index contributed by atoms with van der Waals surface area (Å²) in [4.78, 5) is -0.197. The van der Waals surface area contributed by atoms with E-state index in [1.54, 1.807) is 19.1 Å². The predicted molar refractivity (Wildman–Crippen MR) is 79.0 cm³/mol. The normalized spacial score (nSPS) is 11.3. The van der Waals surface area contributed by atoms with Gasteiger partial charge >= 0.3 is 0 Å². The van der Waals surface area contributed by atoms with Crippen LogP contribution in [0.25, 0.3) is 0 Å². The van der Waals surface area contributed by atoms with E-state index in [0.717, 1.165) is 5.56 Å². The first-order valence-corrected chi connectivity index (χ1v) is 7.09. The first-order valence-electron chi connectivity index (χ1n) is 5.65. The van der Waals surface area contributed by atoms with Gasteiger partial charge in [-0.15, -0.1) is 0 Å². The van der Waals surface area contributed by atoms with Gasteiger partial charge < -0.3 is 5.11 Å². The summed E-state index contributed by atoms with van der Waals surface area (Å²) in [6.45, 7) is 1.79. The Hall–Kier alpha value is -1.25. The van der Waals surface area contributed by atoms with Crippen molar-refractivity contribution in [3.63, 3.8) is 0 Å². The molecule has 0 unspecified atom stereocenters. The van der Waals surface area contributed by atoms with E-state index < -0.39 is 10.1 Å². The fourth-order valence-electron chi connectivity index (χ4n) is 1.55. The number of nitrogens with zero attached hydrogens (tertiary/aromatic N) is 2. The van der Waals surface area contributed by atoms with Crippen LogP contribution >= 0.6 is 0 Å². The molecule has 0 bridgehead atoms. The molecule has 21 heavy (non-hydrogen) atoms. The Labute approximate surface area is 144 Å². The molecule has 1 radical (unpaired) electrons. The number of phenols is 1. The largest absolute Gasteiger partial charge is 0.508 e. The van der Waals surface area contributed by atoms with Gasteiger partial charge in [0.05, 0.1) is 16.3 Å². The molecule has 0 heterocycles. The minimum Gasteiger partial charge on any atom is -0.508 e. The molecule has 2 N–H and O–H groups in total. The summed E-state index contributed by atoms with van der Waals surface area (Å²) >= 11 is 0. The third kappa shape index (κ3) is 4.90. The van der Waals surface area contributed by atoms with Crippen molar-refractivity contribution in [3.8, 4) is 5.75 Å². The smallest absolute Gasteiger partial charge is 0.294 e. The van der Waals surface area contributed by atoms with Gasteiger partial charge in [0.1, 0.15) is 5.75 Å². The molecule has 0 aliphatic rings. The molecule has 0 atom stereocenters. The van der Waals surface area contributed by atoms with Crippen LogP contribution in [0.3, 0.4) is 0 Å². The van der Waals surface area contributed by atoms with Gasteiger partial charge in [0.2, 0.25) is 0 Å². The Morgan fingerprint density at radius 3 is 2.14 bits per heavy atom. The first-order chi connectivity index (χ1) is 9.36. The van der Waals surface area contributed by atoms with Crippen LogP contribution in [-0.4, -0.2) is 47.6 Å². The number of aryl methyl sites for hydroxylation is 1. The summed E-state index contributed by atoms with van der Waals surface area (Å²) in [7, 11) is -4.20. The maximum absolute atomic E-state index is 10.9. The van der Waals surface area contributed by atoms with Crippen molar-refractivity contribution in [1.82, 2.24) is 0 Å². The summed E-state index contributed by atoms with van der Waals surface area (Å²) in [6, 6.07) is 10.0. The first kappa shape index (κ1) is 17.8. The predicted octanol–water partition coefficient (Wildman–Crippen LogP) is 2.98. The third-order valence-corrected chi connectivity index (χ3v) is 3.46. The molecule has 2 rings (SSSR count). The van der Waals surface area contributed by atoms with Crippen molar-refractivity contribution >= 4 is 51.1 Å². The third-order valence-electron chi connectivity index (χ3n) is 2.59. The van der Waals surface area contributed by atoms with Crippen molar-refractivity contribution in [2.45, 2.75) is 11.8 Å². The maximum Gasteiger partial charge on any atom is 0.294 e. The summed E-state index contributed by atoms with van der Waals surface area (Å²) in [5.74, 6) is 0.152. The maximum atomic E-state index is 10.9. The van der Waals surface area contributed by atoms with Gasteiger partial charge in [0.15, 0.2) is 0 Å². The standard InChI is InChI=1S/C13H12N2O4S.Na/c1-9-8-11(16)4-7-13(9)15-14-10-2-5-12(6-3-10)20(17,18)19;/h2-8,16H,1H3,(H,17,18,19);. The molecule has 0 fully saturated rings. The minimum atomic E-state index is -4.20. The number of hydrogen-bond acceptors (Lipinski definition) is 5. The fraction of sp³-hybridized carbons (Fsp3) is 0.0769. The molecule has 0 saturated heterocycles. The van der Waals surface area contributed by atoms with Crippen LogP contribution in [0, 0.1) is 6.92 Å². The molecule has 2 aromatic rings. The van der Waals surface area contributed by atoms with E-state index in [4.69, 9.17) is 4.55 Å². The summed E-state index contributed by atoms with van der Waals surface area (Å²) in [5.41, 5.74) is 1.81. The van der Waals surface area contributed by atoms with E-state index >= 15 is 0 Å². The Bertz CT molecular complexity index is 758. The number of phenolic OH excluding ortho intramolecular Hbond substituents is 1. The molecule has 0 amide bonds. The van der Waals surface area contributed by atoms with Gasteiger partial charge in [-0.05, 0) is 55.0 Å². The van der Waals surface area contributed by atoms with Crippen molar-refractivity contribution < 1.29 is 18.1 Å². The Balaban J connectivity index is 0.00000220. The van der Waals surface area contributed by atoms with E-state index in [1.807, 2.05) is 0 Å². The van der Waals surface area contributed by atoms with Crippen LogP contribution < -0.4 is 0 Å². The molecule has 6 nitrogen and oxygen atoms in total. The summed E-state index contributed by atoms with van der Waals surface area (Å²) < 4.78 is 30.6. The number of rotatable bonds is 3. The van der Waals surface area contributed by atoms with E-state index in [9.17, 15) is 13.5 Å². The second-order valence-electron chi connectivity index (χ2n) is 4.14. The van der Waals surface area contributed by atoms with Crippen LogP contribution in [0.4, 0.5) is 11.4 Å². The number of aromatic hydroxyl groups is 1. The number of benzene rings is 2. The van der Waals surface area contributed by atoms with Crippen molar-refractivity contribution in [3.05, 3.63) is 48.0 Å². The summed E-state index contributed by atoms with van der Waals surface area (Å²) in [5, 5.41) is 17.2. The zero-order valence-electron chi connectivity index (χ0n) is 11.6. The number of hydrogen-bond donors (Lipinski definition) is 2. The Kier molecular flexibility index (Phi) is 6.06. The van der Waals surface area contributed by atoms with Gasteiger partial charge in [-0.3, -0.25) is 4.55 Å². The zero-order chi connectivity index (χ0) is 14.8. The Morgan fingerprint density at radius 1 is 1.00 bits per heavy atom. The molecule has 2 aromatic carbocycles. The minimum absolute atomic E-state index is 0. The van der Waals surface area contributed by atoms with Crippen LogP contribution in [0.15, 0.2) is 57.6 Å². The second-order valence-corrected chi connectivity index (χ2v) is 5.56. The SMILES string of the molecule is Cc1cc(O)ccc1N=Nc1ccc(S(=O)(=O)O)cc1.[Na]. The van der Waals surface area contributed by atoms with Gasteiger partial charge in [-0.2, -0.15) is 18.6 Å². The van der Waals surface area contributed by atoms with Crippen LogP contribution in [0.2, 0.25) is 0 Å². The fourth-order valence-corrected chi connectivity index (χ4v) is 2.03. The molecular formula is C13H12N2NaO4S. The van der Waals surface area contributed by atoms with Crippen LogP contribution in [0.1, 0.15) is 5.56 Å². The quantitative estimate of drug-likeness (QED) is 0.516. The molecule has 0 saturated carbocycles. The molecule has 8 heteroatoms. The van der Waals surface area contributed by atoms with Gasteiger partial charge in [0.25, 0.3) is 10.1 Å². The second kappa shape index (κ2) is 7.15. The molecule has 0 aliphatic carbocycles. The molecule has 105 valence electrons. The van der Waals surface area contributed by atoms with Gasteiger partial charge in [-0.1, -0.05) is 0 Å². The average Bonchev–Trinajstić information content (AvgIpc) is 2.37. The Morgan fingerprint density at radius 2 is 1.62 bits per heavy atom. The van der Waals surface area contributed by atoms with E-state index in [2.05, 4.69) is 10.2 Å². The van der Waals surface area contributed by atoms with Gasteiger partial charge in [-0.25, -0.2) is 0 Å². The molecule has 0 aliphatic heterocycles. The zero-order valence-corrected chi connectivity index (χ0v) is 14.4. The van der Waals surface area contributed by atoms with E-state index in [1.165, 1.54) is 30.3 Å².